The molecule has 2 atom stereocenters. The first-order chi connectivity index (χ1) is 13.6. The van der Waals surface area contributed by atoms with Gasteiger partial charge >= 0.3 is 0 Å². The van der Waals surface area contributed by atoms with Crippen LogP contribution >= 0.6 is 11.6 Å². The number of aliphatic hydroxyl groups is 1. The van der Waals surface area contributed by atoms with E-state index in [4.69, 9.17) is 16.3 Å². The number of rotatable bonds is 9. The molecule has 0 aromatic heterocycles. The average molecular weight is 396 g/mol. The highest BCUT2D eigenvalue weighted by atomic mass is 35.5. The zero-order chi connectivity index (χ0) is 19.8. The van der Waals surface area contributed by atoms with Crippen LogP contribution in [0.2, 0.25) is 5.02 Å². The van der Waals surface area contributed by atoms with Crippen LogP contribution in [0.1, 0.15) is 29.7 Å². The van der Waals surface area contributed by atoms with E-state index in [9.17, 15) is 5.11 Å². The first kappa shape index (κ1) is 20.4. The molecule has 3 nitrogen and oxygen atoms in total. The summed E-state index contributed by atoms with van der Waals surface area (Å²) in [5.74, 6) is 0.708. The summed E-state index contributed by atoms with van der Waals surface area (Å²) in [5.41, 5.74) is 2.99. The smallest absolute Gasteiger partial charge is 0.125 e. The molecule has 0 bridgehead atoms. The van der Waals surface area contributed by atoms with E-state index in [0.717, 1.165) is 28.1 Å². The Morgan fingerprint density at radius 3 is 2.39 bits per heavy atom. The van der Waals surface area contributed by atoms with Crippen LogP contribution in [-0.2, 0) is 13.0 Å². The standard InChI is InChI=1S/C24H26ClNO2/c1-18(15-20-11-5-7-13-22(20)25)26-16-23(27)21-12-6-8-14-24(21)28-17-19-9-3-2-4-10-19/h2-14,18,23,26-27H,15-17H2,1H3/t18?,23-/m0/s1. The van der Waals surface area contributed by atoms with Crippen molar-refractivity contribution in [3.05, 3.63) is 101 Å². The number of hydrogen-bond acceptors (Lipinski definition) is 3. The van der Waals surface area contributed by atoms with E-state index in [-0.39, 0.29) is 6.04 Å². The Morgan fingerprint density at radius 1 is 0.929 bits per heavy atom. The third kappa shape index (κ3) is 5.83. The lowest BCUT2D eigenvalue weighted by Crippen LogP contribution is -2.32. The quantitative estimate of drug-likeness (QED) is 0.525. The predicted octanol–water partition coefficient (Wildman–Crippen LogP) is 5.17. The molecule has 0 aliphatic rings. The molecule has 0 heterocycles. The fourth-order valence-corrected chi connectivity index (χ4v) is 3.32. The molecule has 28 heavy (non-hydrogen) atoms. The summed E-state index contributed by atoms with van der Waals surface area (Å²) in [4.78, 5) is 0. The summed E-state index contributed by atoms with van der Waals surface area (Å²) in [6, 6.07) is 25.7. The summed E-state index contributed by atoms with van der Waals surface area (Å²) >= 11 is 6.24. The number of aliphatic hydroxyl groups excluding tert-OH is 1. The fourth-order valence-electron chi connectivity index (χ4n) is 3.11. The van der Waals surface area contributed by atoms with Crippen molar-refractivity contribution in [2.45, 2.75) is 32.1 Å². The van der Waals surface area contributed by atoms with E-state index in [0.29, 0.717) is 18.9 Å². The van der Waals surface area contributed by atoms with Gasteiger partial charge in [0.2, 0.25) is 0 Å². The van der Waals surface area contributed by atoms with Crippen LogP contribution in [0, 0.1) is 0 Å². The van der Waals surface area contributed by atoms with Crippen LogP contribution in [0.5, 0.6) is 5.75 Å². The molecule has 0 saturated heterocycles. The molecule has 0 saturated carbocycles. The number of hydrogen-bond donors (Lipinski definition) is 2. The van der Waals surface area contributed by atoms with E-state index in [2.05, 4.69) is 12.2 Å². The van der Waals surface area contributed by atoms with E-state index in [1.54, 1.807) is 0 Å². The van der Waals surface area contributed by atoms with Crippen molar-refractivity contribution in [3.63, 3.8) is 0 Å². The van der Waals surface area contributed by atoms with E-state index < -0.39 is 6.10 Å². The van der Waals surface area contributed by atoms with Crippen LogP contribution in [0.15, 0.2) is 78.9 Å². The maximum atomic E-state index is 10.7. The molecule has 4 heteroatoms. The maximum Gasteiger partial charge on any atom is 0.125 e. The van der Waals surface area contributed by atoms with Gasteiger partial charge in [-0.3, -0.25) is 0 Å². The van der Waals surface area contributed by atoms with E-state index in [1.165, 1.54) is 0 Å². The second-order valence-corrected chi connectivity index (χ2v) is 7.34. The number of nitrogens with one attached hydrogen (secondary N) is 1. The molecule has 0 aliphatic carbocycles. The number of ether oxygens (including phenoxy) is 1. The molecule has 2 N–H and O–H groups in total. The molecular formula is C24H26ClNO2. The molecule has 146 valence electrons. The molecule has 0 amide bonds. The molecule has 0 aliphatic heterocycles. The van der Waals surface area contributed by atoms with Crippen molar-refractivity contribution in [1.82, 2.24) is 5.32 Å². The monoisotopic (exact) mass is 395 g/mol. The molecule has 0 spiro atoms. The van der Waals surface area contributed by atoms with Crippen molar-refractivity contribution < 1.29 is 9.84 Å². The van der Waals surface area contributed by atoms with Crippen molar-refractivity contribution in [2.75, 3.05) is 6.54 Å². The van der Waals surface area contributed by atoms with Gasteiger partial charge in [-0.05, 0) is 36.6 Å². The molecule has 1 unspecified atom stereocenters. The maximum absolute atomic E-state index is 10.7. The highest BCUT2D eigenvalue weighted by Crippen LogP contribution is 2.26. The minimum absolute atomic E-state index is 0.187. The van der Waals surface area contributed by atoms with Gasteiger partial charge in [-0.15, -0.1) is 0 Å². The highest BCUT2D eigenvalue weighted by molar-refractivity contribution is 6.31. The molecule has 3 aromatic carbocycles. The molecular weight excluding hydrogens is 370 g/mol. The predicted molar refractivity (Wildman–Crippen MR) is 115 cm³/mol. The third-order valence-electron chi connectivity index (χ3n) is 4.66. The summed E-state index contributed by atoms with van der Waals surface area (Å²) in [5, 5.41) is 14.9. The van der Waals surface area contributed by atoms with Crippen LogP contribution in [0.25, 0.3) is 0 Å². The average Bonchev–Trinajstić information content (AvgIpc) is 2.73. The van der Waals surface area contributed by atoms with Gasteiger partial charge in [-0.25, -0.2) is 0 Å². The van der Waals surface area contributed by atoms with Gasteiger partial charge in [0.1, 0.15) is 12.4 Å². The Labute approximate surface area is 171 Å². The van der Waals surface area contributed by atoms with E-state index in [1.807, 2.05) is 78.9 Å². The number of benzene rings is 3. The lowest BCUT2D eigenvalue weighted by molar-refractivity contribution is 0.163. The van der Waals surface area contributed by atoms with Crippen LogP contribution in [0.3, 0.4) is 0 Å². The van der Waals surface area contributed by atoms with Crippen LogP contribution in [0.4, 0.5) is 0 Å². The zero-order valence-corrected chi connectivity index (χ0v) is 16.8. The fraction of sp³-hybridized carbons (Fsp3) is 0.250. The number of para-hydroxylation sites is 1. The first-order valence-electron chi connectivity index (χ1n) is 9.54. The van der Waals surface area contributed by atoms with Gasteiger partial charge < -0.3 is 15.2 Å². The summed E-state index contributed by atoms with van der Waals surface area (Å²) < 4.78 is 5.96. The van der Waals surface area contributed by atoms with Gasteiger partial charge in [0, 0.05) is 23.2 Å². The zero-order valence-electron chi connectivity index (χ0n) is 16.0. The molecule has 3 aromatic rings. The molecule has 0 radical (unpaired) electrons. The van der Waals surface area contributed by atoms with Gasteiger partial charge in [0.05, 0.1) is 6.10 Å². The lowest BCUT2D eigenvalue weighted by Gasteiger charge is -2.20. The molecule has 3 rings (SSSR count). The van der Waals surface area contributed by atoms with Gasteiger partial charge in [-0.2, -0.15) is 0 Å². The second kappa shape index (κ2) is 10.3. The normalized spacial score (nSPS) is 13.1. The lowest BCUT2D eigenvalue weighted by atomic mass is 10.1. The molecule has 0 fully saturated rings. The van der Waals surface area contributed by atoms with Gasteiger partial charge in [0.25, 0.3) is 0 Å². The van der Waals surface area contributed by atoms with Crippen molar-refractivity contribution in [1.29, 1.82) is 0 Å². The van der Waals surface area contributed by atoms with Crippen LogP contribution < -0.4 is 10.1 Å². The van der Waals surface area contributed by atoms with E-state index >= 15 is 0 Å². The van der Waals surface area contributed by atoms with Crippen molar-refractivity contribution in [3.8, 4) is 5.75 Å². The Hall–Kier alpha value is -2.33. The Bertz CT molecular complexity index is 869. The summed E-state index contributed by atoms with van der Waals surface area (Å²) in [6.07, 6.45) is 0.152. The van der Waals surface area contributed by atoms with Crippen LogP contribution in [-0.4, -0.2) is 17.7 Å². The van der Waals surface area contributed by atoms with Gasteiger partial charge in [0.15, 0.2) is 0 Å². The highest BCUT2D eigenvalue weighted by Gasteiger charge is 2.15. The van der Waals surface area contributed by atoms with Crippen molar-refractivity contribution >= 4 is 11.6 Å². The van der Waals surface area contributed by atoms with Gasteiger partial charge in [-0.1, -0.05) is 78.3 Å². The largest absolute Gasteiger partial charge is 0.489 e. The summed E-state index contributed by atoms with van der Waals surface area (Å²) in [7, 11) is 0. The second-order valence-electron chi connectivity index (χ2n) is 6.93. The number of halogens is 1. The first-order valence-corrected chi connectivity index (χ1v) is 9.92. The third-order valence-corrected chi connectivity index (χ3v) is 5.03. The minimum atomic E-state index is -0.652. The summed E-state index contributed by atoms with van der Waals surface area (Å²) in [6.45, 7) is 3.01. The Kier molecular flexibility index (Phi) is 7.49. The minimum Gasteiger partial charge on any atom is -0.489 e. The van der Waals surface area contributed by atoms with Crippen molar-refractivity contribution in [2.24, 2.45) is 0 Å². The SMILES string of the molecule is CC(Cc1ccccc1Cl)NC[C@H](O)c1ccccc1OCc1ccccc1. The Morgan fingerprint density at radius 2 is 1.61 bits per heavy atom. The topological polar surface area (TPSA) is 41.5 Å². The Balaban J connectivity index is 1.56.